The van der Waals surface area contributed by atoms with Gasteiger partial charge in [0.15, 0.2) is 0 Å². The van der Waals surface area contributed by atoms with E-state index in [1.807, 2.05) is 6.92 Å². The molecule has 1 unspecified atom stereocenters. The lowest BCUT2D eigenvalue weighted by atomic mass is 9.59. The summed E-state index contributed by atoms with van der Waals surface area (Å²) in [5.74, 6) is 1.16. The molecule has 3 aliphatic carbocycles. The van der Waals surface area contributed by atoms with Crippen molar-refractivity contribution in [3.05, 3.63) is 35.5 Å². The van der Waals surface area contributed by atoms with Gasteiger partial charge in [0.2, 0.25) is 0 Å². The summed E-state index contributed by atoms with van der Waals surface area (Å²) < 4.78 is 0. The van der Waals surface area contributed by atoms with Gasteiger partial charge < -0.3 is 15.3 Å². The van der Waals surface area contributed by atoms with E-state index in [-0.39, 0.29) is 17.4 Å². The van der Waals surface area contributed by atoms with Gasteiger partial charge in [-0.2, -0.15) is 0 Å². The normalized spacial score (nSPS) is 38.1. The molecule has 30 heavy (non-hydrogen) atoms. The molecule has 0 aromatic heterocycles. The van der Waals surface area contributed by atoms with Crippen LogP contribution in [0.2, 0.25) is 0 Å². The third-order valence-corrected chi connectivity index (χ3v) is 8.30. The second kappa shape index (κ2) is 9.30. The lowest BCUT2D eigenvalue weighted by Crippen LogP contribution is -2.47. The Bertz CT molecular complexity index is 686. The van der Waals surface area contributed by atoms with Crippen LogP contribution in [-0.4, -0.2) is 33.1 Å². The molecule has 170 valence electrons. The Hall–Kier alpha value is -0.900. The SMILES string of the molecule is C=C1CC[C@@H](O)C/C1=C/C=C1\CCC[C@@]2(C)[C@H]1CC[C@@H]2[C@@](C)(O)CC(O)CC(C)C. The van der Waals surface area contributed by atoms with Crippen molar-refractivity contribution in [2.24, 2.45) is 23.2 Å². The Balaban J connectivity index is 1.77. The van der Waals surface area contributed by atoms with Gasteiger partial charge in [-0.1, -0.05) is 50.6 Å². The molecule has 0 aromatic carbocycles. The van der Waals surface area contributed by atoms with Crippen LogP contribution in [0.5, 0.6) is 0 Å². The van der Waals surface area contributed by atoms with Crippen molar-refractivity contribution >= 4 is 0 Å². The van der Waals surface area contributed by atoms with Gasteiger partial charge in [-0.3, -0.25) is 0 Å². The Labute approximate surface area is 184 Å². The second-order valence-corrected chi connectivity index (χ2v) is 11.3. The average molecular weight is 417 g/mol. The molecule has 0 saturated heterocycles. The van der Waals surface area contributed by atoms with Crippen LogP contribution < -0.4 is 0 Å². The van der Waals surface area contributed by atoms with E-state index in [4.69, 9.17) is 0 Å². The lowest BCUT2D eigenvalue weighted by molar-refractivity contribution is -0.0867. The first-order chi connectivity index (χ1) is 14.0. The largest absolute Gasteiger partial charge is 0.393 e. The van der Waals surface area contributed by atoms with Crippen LogP contribution in [0.1, 0.15) is 91.9 Å². The van der Waals surface area contributed by atoms with E-state index in [0.29, 0.717) is 18.3 Å². The highest BCUT2D eigenvalue weighted by molar-refractivity contribution is 5.36. The van der Waals surface area contributed by atoms with E-state index in [0.717, 1.165) is 57.8 Å². The predicted octanol–water partition coefficient (Wildman–Crippen LogP) is 5.70. The fourth-order valence-electron chi connectivity index (χ4n) is 6.90. The molecular weight excluding hydrogens is 372 g/mol. The van der Waals surface area contributed by atoms with Crippen LogP contribution in [0.25, 0.3) is 0 Å². The van der Waals surface area contributed by atoms with Gasteiger partial charge in [0.05, 0.1) is 17.8 Å². The molecule has 0 radical (unpaired) electrons. The number of hydrogen-bond acceptors (Lipinski definition) is 3. The van der Waals surface area contributed by atoms with Crippen LogP contribution >= 0.6 is 0 Å². The molecule has 3 fully saturated rings. The van der Waals surface area contributed by atoms with E-state index in [1.54, 1.807) is 0 Å². The smallest absolute Gasteiger partial charge is 0.0677 e. The standard InChI is InChI=1S/C27H44O3/c1-18(2)15-23(29)17-27(5,30)25-13-12-24-20(7-6-14-26(24,25)4)9-10-21-16-22(28)11-8-19(21)3/h9-10,18,22-25,28-30H,3,6-8,11-17H2,1-2,4-5H3/b20-9+,21-10-/t22-,23?,24+,25+,26+,27+/m1/s1. The molecule has 3 nitrogen and oxygen atoms in total. The zero-order valence-electron chi connectivity index (χ0n) is 19.7. The van der Waals surface area contributed by atoms with Crippen molar-refractivity contribution in [2.75, 3.05) is 0 Å². The van der Waals surface area contributed by atoms with E-state index >= 15 is 0 Å². The van der Waals surface area contributed by atoms with Crippen LogP contribution in [-0.2, 0) is 0 Å². The third kappa shape index (κ3) is 5.11. The first kappa shape index (κ1) is 23.8. The molecule has 3 N–H and O–H groups in total. The number of hydrogen-bond donors (Lipinski definition) is 3. The summed E-state index contributed by atoms with van der Waals surface area (Å²) in [4.78, 5) is 0. The molecular formula is C27H44O3. The molecule has 0 spiro atoms. The molecule has 3 rings (SSSR count). The third-order valence-electron chi connectivity index (χ3n) is 8.30. The molecule has 0 aliphatic heterocycles. The zero-order valence-corrected chi connectivity index (χ0v) is 19.7. The van der Waals surface area contributed by atoms with E-state index in [9.17, 15) is 15.3 Å². The predicted molar refractivity (Wildman–Crippen MR) is 124 cm³/mol. The van der Waals surface area contributed by atoms with Gasteiger partial charge in [0.1, 0.15) is 0 Å². The maximum Gasteiger partial charge on any atom is 0.0677 e. The highest BCUT2D eigenvalue weighted by Crippen LogP contribution is 2.60. The zero-order chi connectivity index (χ0) is 22.1. The molecule has 6 atom stereocenters. The Morgan fingerprint density at radius 2 is 1.93 bits per heavy atom. The summed E-state index contributed by atoms with van der Waals surface area (Å²) in [6.07, 6.45) is 13.1. The highest BCUT2D eigenvalue weighted by atomic mass is 16.3. The number of fused-ring (bicyclic) bond motifs is 1. The van der Waals surface area contributed by atoms with Gasteiger partial charge in [0.25, 0.3) is 0 Å². The molecule has 3 heteroatoms. The topological polar surface area (TPSA) is 60.7 Å². The second-order valence-electron chi connectivity index (χ2n) is 11.3. The minimum absolute atomic E-state index is 0.0900. The van der Waals surface area contributed by atoms with Crippen molar-refractivity contribution in [1.29, 1.82) is 0 Å². The maximum absolute atomic E-state index is 11.5. The van der Waals surface area contributed by atoms with E-state index in [2.05, 4.69) is 39.5 Å². The van der Waals surface area contributed by atoms with Crippen molar-refractivity contribution in [3.8, 4) is 0 Å². The van der Waals surface area contributed by atoms with Crippen molar-refractivity contribution in [1.82, 2.24) is 0 Å². The number of aliphatic hydroxyl groups excluding tert-OH is 2. The van der Waals surface area contributed by atoms with E-state index in [1.165, 1.54) is 16.7 Å². The quantitative estimate of drug-likeness (QED) is 0.520. The van der Waals surface area contributed by atoms with Gasteiger partial charge in [0, 0.05) is 6.42 Å². The van der Waals surface area contributed by atoms with Crippen molar-refractivity contribution < 1.29 is 15.3 Å². The van der Waals surface area contributed by atoms with Crippen molar-refractivity contribution in [3.63, 3.8) is 0 Å². The van der Waals surface area contributed by atoms with Gasteiger partial charge in [-0.15, -0.1) is 0 Å². The first-order valence-electron chi connectivity index (χ1n) is 12.2. The summed E-state index contributed by atoms with van der Waals surface area (Å²) in [6.45, 7) is 12.8. The minimum Gasteiger partial charge on any atom is -0.393 e. The number of rotatable bonds is 6. The fourth-order valence-corrected chi connectivity index (χ4v) is 6.90. The molecule has 3 saturated carbocycles. The van der Waals surface area contributed by atoms with Gasteiger partial charge in [-0.25, -0.2) is 0 Å². The lowest BCUT2D eigenvalue weighted by Gasteiger charge is -2.47. The minimum atomic E-state index is -0.833. The highest BCUT2D eigenvalue weighted by Gasteiger charge is 2.55. The summed E-state index contributed by atoms with van der Waals surface area (Å²) in [6, 6.07) is 0. The molecule has 0 amide bonds. The Morgan fingerprint density at radius 1 is 1.20 bits per heavy atom. The molecule has 3 aliphatic rings. The summed E-state index contributed by atoms with van der Waals surface area (Å²) in [7, 11) is 0. The van der Waals surface area contributed by atoms with Crippen molar-refractivity contribution in [2.45, 2.75) is 110 Å². The summed E-state index contributed by atoms with van der Waals surface area (Å²) in [5.41, 5.74) is 3.13. The molecule has 0 aromatic rings. The monoisotopic (exact) mass is 416 g/mol. The Morgan fingerprint density at radius 3 is 2.63 bits per heavy atom. The number of aliphatic hydroxyl groups is 3. The number of allylic oxidation sites excluding steroid dienone is 4. The van der Waals surface area contributed by atoms with Crippen LogP contribution in [0.15, 0.2) is 35.5 Å². The Kier molecular flexibility index (Phi) is 7.37. The van der Waals surface area contributed by atoms with Crippen LogP contribution in [0.4, 0.5) is 0 Å². The summed E-state index contributed by atoms with van der Waals surface area (Å²) >= 11 is 0. The average Bonchev–Trinajstić information content (AvgIpc) is 2.99. The van der Waals surface area contributed by atoms with Crippen LogP contribution in [0.3, 0.4) is 0 Å². The van der Waals surface area contributed by atoms with Gasteiger partial charge >= 0.3 is 0 Å². The van der Waals surface area contributed by atoms with E-state index < -0.39 is 11.7 Å². The molecule has 0 heterocycles. The first-order valence-corrected chi connectivity index (χ1v) is 12.2. The van der Waals surface area contributed by atoms with Gasteiger partial charge in [-0.05, 0) is 93.5 Å². The van der Waals surface area contributed by atoms with Crippen LogP contribution in [0, 0.1) is 23.2 Å². The molecule has 0 bridgehead atoms. The fraction of sp³-hybridized carbons (Fsp3) is 0.778. The summed E-state index contributed by atoms with van der Waals surface area (Å²) in [5, 5.41) is 32.0. The maximum atomic E-state index is 11.5.